The summed E-state index contributed by atoms with van der Waals surface area (Å²) in [5.74, 6) is 0.647. The monoisotopic (exact) mass is 262 g/mol. The Morgan fingerprint density at radius 2 is 1.76 bits per heavy atom. The van der Waals surface area contributed by atoms with Crippen LogP contribution in [0.5, 0.6) is 0 Å². The Kier molecular flexibility index (Phi) is 4.98. The van der Waals surface area contributed by atoms with Gasteiger partial charge < -0.3 is 5.32 Å². The Hall–Kier alpha value is -0.130. The molecule has 0 aromatic heterocycles. The maximum atomic E-state index is 11.3. The van der Waals surface area contributed by atoms with Gasteiger partial charge in [-0.2, -0.15) is 0 Å². The summed E-state index contributed by atoms with van der Waals surface area (Å²) in [6.45, 7) is 11.0. The molecule has 0 amide bonds. The zero-order valence-electron chi connectivity index (χ0n) is 11.5. The van der Waals surface area contributed by atoms with E-state index in [2.05, 4.69) is 37.9 Å². The molecule has 0 spiro atoms. The fraction of sp³-hybridized carbons (Fsp3) is 1.00. The lowest BCUT2D eigenvalue weighted by Crippen LogP contribution is -2.46. The van der Waals surface area contributed by atoms with Crippen LogP contribution in [0.4, 0.5) is 0 Å². The fourth-order valence-electron chi connectivity index (χ4n) is 2.01. The molecule has 0 aromatic carbocycles. The minimum absolute atomic E-state index is 0.158. The standard InChI is InChI=1S/C12H26N2O2S/c1-11(5-6-13-12(2,3)4)14-7-9-17(15,16)10-8-14/h11,13H,5-10H2,1-4H3. The molecule has 1 saturated heterocycles. The molecule has 0 saturated carbocycles. The third kappa shape index (κ3) is 5.84. The van der Waals surface area contributed by atoms with Gasteiger partial charge in [0.15, 0.2) is 9.84 Å². The van der Waals surface area contributed by atoms with E-state index in [1.54, 1.807) is 0 Å². The van der Waals surface area contributed by atoms with Crippen molar-refractivity contribution in [3.8, 4) is 0 Å². The second-order valence-corrected chi connectivity index (χ2v) is 8.31. The van der Waals surface area contributed by atoms with Gasteiger partial charge in [0, 0.05) is 24.7 Å². The molecule has 1 N–H and O–H groups in total. The van der Waals surface area contributed by atoms with Crippen molar-refractivity contribution in [3.63, 3.8) is 0 Å². The summed E-state index contributed by atoms with van der Waals surface area (Å²) in [7, 11) is -2.75. The van der Waals surface area contributed by atoms with Gasteiger partial charge in [0.25, 0.3) is 0 Å². The highest BCUT2D eigenvalue weighted by molar-refractivity contribution is 7.91. The summed E-state index contributed by atoms with van der Waals surface area (Å²) in [5, 5.41) is 3.46. The van der Waals surface area contributed by atoms with Crippen LogP contribution in [-0.2, 0) is 9.84 Å². The maximum absolute atomic E-state index is 11.3. The molecule has 102 valence electrons. The predicted octanol–water partition coefficient (Wildman–Crippen LogP) is 0.884. The highest BCUT2D eigenvalue weighted by Gasteiger charge is 2.24. The predicted molar refractivity (Wildman–Crippen MR) is 72.1 cm³/mol. The van der Waals surface area contributed by atoms with E-state index in [-0.39, 0.29) is 5.54 Å². The van der Waals surface area contributed by atoms with Gasteiger partial charge in [0.05, 0.1) is 11.5 Å². The molecule has 1 heterocycles. The van der Waals surface area contributed by atoms with Crippen LogP contribution in [0.1, 0.15) is 34.1 Å². The number of sulfone groups is 1. The molecule has 1 atom stereocenters. The molecule has 0 bridgehead atoms. The Bertz CT molecular complexity index is 319. The number of nitrogens with zero attached hydrogens (tertiary/aromatic N) is 1. The lowest BCUT2D eigenvalue weighted by atomic mass is 10.1. The third-order valence-electron chi connectivity index (χ3n) is 3.22. The molecule has 17 heavy (non-hydrogen) atoms. The second-order valence-electron chi connectivity index (χ2n) is 6.00. The fourth-order valence-corrected chi connectivity index (χ4v) is 3.24. The van der Waals surface area contributed by atoms with Gasteiger partial charge in [-0.15, -0.1) is 0 Å². The lowest BCUT2D eigenvalue weighted by Gasteiger charge is -2.33. The minimum Gasteiger partial charge on any atom is -0.312 e. The topological polar surface area (TPSA) is 49.4 Å². The highest BCUT2D eigenvalue weighted by Crippen LogP contribution is 2.10. The second kappa shape index (κ2) is 5.67. The van der Waals surface area contributed by atoms with Crippen molar-refractivity contribution < 1.29 is 8.42 Å². The van der Waals surface area contributed by atoms with E-state index < -0.39 is 9.84 Å². The smallest absolute Gasteiger partial charge is 0.152 e. The highest BCUT2D eigenvalue weighted by atomic mass is 32.2. The summed E-state index contributed by atoms with van der Waals surface area (Å²) in [4.78, 5) is 2.28. The first-order valence-corrected chi connectivity index (χ1v) is 8.21. The van der Waals surface area contributed by atoms with E-state index in [1.165, 1.54) is 0 Å². The number of hydrogen-bond acceptors (Lipinski definition) is 4. The van der Waals surface area contributed by atoms with Crippen molar-refractivity contribution in [1.82, 2.24) is 10.2 Å². The summed E-state index contributed by atoms with van der Waals surface area (Å²) < 4.78 is 22.7. The zero-order chi connectivity index (χ0) is 13.1. The Balaban J connectivity index is 2.27. The molecule has 4 nitrogen and oxygen atoms in total. The van der Waals surface area contributed by atoms with E-state index in [1.807, 2.05) is 0 Å². The van der Waals surface area contributed by atoms with Crippen molar-refractivity contribution in [3.05, 3.63) is 0 Å². The van der Waals surface area contributed by atoms with E-state index in [0.29, 0.717) is 30.6 Å². The van der Waals surface area contributed by atoms with E-state index >= 15 is 0 Å². The zero-order valence-corrected chi connectivity index (χ0v) is 12.3. The van der Waals surface area contributed by atoms with Crippen LogP contribution >= 0.6 is 0 Å². The molecule has 0 radical (unpaired) electrons. The Morgan fingerprint density at radius 1 is 1.24 bits per heavy atom. The lowest BCUT2D eigenvalue weighted by molar-refractivity contribution is 0.211. The SMILES string of the molecule is CC(CCNC(C)(C)C)N1CCS(=O)(=O)CC1. The maximum Gasteiger partial charge on any atom is 0.152 e. The quantitative estimate of drug-likeness (QED) is 0.817. The Labute approximate surface area is 106 Å². The van der Waals surface area contributed by atoms with Crippen LogP contribution in [0.2, 0.25) is 0 Å². The van der Waals surface area contributed by atoms with E-state index in [0.717, 1.165) is 13.0 Å². The average molecular weight is 262 g/mol. The molecule has 1 aliphatic rings. The van der Waals surface area contributed by atoms with Crippen LogP contribution < -0.4 is 5.32 Å². The van der Waals surface area contributed by atoms with Crippen molar-refractivity contribution in [2.45, 2.75) is 45.7 Å². The number of hydrogen-bond donors (Lipinski definition) is 1. The van der Waals surface area contributed by atoms with Crippen molar-refractivity contribution >= 4 is 9.84 Å². The van der Waals surface area contributed by atoms with Gasteiger partial charge >= 0.3 is 0 Å². The van der Waals surface area contributed by atoms with Gasteiger partial charge in [-0.05, 0) is 40.7 Å². The van der Waals surface area contributed by atoms with Gasteiger partial charge in [-0.25, -0.2) is 8.42 Å². The van der Waals surface area contributed by atoms with Gasteiger partial charge in [0.1, 0.15) is 0 Å². The molecule has 5 heteroatoms. The first-order valence-electron chi connectivity index (χ1n) is 6.39. The van der Waals surface area contributed by atoms with Crippen LogP contribution in [0.25, 0.3) is 0 Å². The summed E-state index contributed by atoms with van der Waals surface area (Å²) in [6, 6.07) is 0.459. The molecule has 1 unspecified atom stereocenters. The summed E-state index contributed by atoms with van der Waals surface area (Å²) in [5.41, 5.74) is 0.158. The van der Waals surface area contributed by atoms with Crippen LogP contribution in [-0.4, -0.2) is 56.0 Å². The van der Waals surface area contributed by atoms with Crippen molar-refractivity contribution in [2.75, 3.05) is 31.1 Å². The van der Waals surface area contributed by atoms with Crippen LogP contribution in [0.15, 0.2) is 0 Å². The van der Waals surface area contributed by atoms with Crippen LogP contribution in [0, 0.1) is 0 Å². The first kappa shape index (κ1) is 14.9. The molecule has 1 aliphatic heterocycles. The first-order chi connectivity index (χ1) is 7.70. The minimum atomic E-state index is -2.75. The van der Waals surface area contributed by atoms with Gasteiger partial charge in [0.2, 0.25) is 0 Å². The molecule has 0 aliphatic carbocycles. The van der Waals surface area contributed by atoms with Gasteiger partial charge in [-0.3, -0.25) is 4.90 Å². The van der Waals surface area contributed by atoms with E-state index in [9.17, 15) is 8.42 Å². The molecular formula is C12H26N2O2S. The summed E-state index contributed by atoms with van der Waals surface area (Å²) >= 11 is 0. The normalized spacial score (nSPS) is 23.5. The summed E-state index contributed by atoms with van der Waals surface area (Å²) in [6.07, 6.45) is 1.07. The largest absolute Gasteiger partial charge is 0.312 e. The van der Waals surface area contributed by atoms with Crippen molar-refractivity contribution in [1.29, 1.82) is 0 Å². The van der Waals surface area contributed by atoms with E-state index in [4.69, 9.17) is 0 Å². The van der Waals surface area contributed by atoms with Crippen LogP contribution in [0.3, 0.4) is 0 Å². The van der Waals surface area contributed by atoms with Gasteiger partial charge in [-0.1, -0.05) is 0 Å². The average Bonchev–Trinajstić information content (AvgIpc) is 2.15. The molecule has 1 rings (SSSR count). The number of nitrogens with one attached hydrogen (secondary N) is 1. The molecule has 0 aromatic rings. The third-order valence-corrected chi connectivity index (χ3v) is 4.83. The van der Waals surface area contributed by atoms with Crippen molar-refractivity contribution in [2.24, 2.45) is 0 Å². The molecular weight excluding hydrogens is 236 g/mol. The number of rotatable bonds is 4. The Morgan fingerprint density at radius 3 is 2.24 bits per heavy atom. The molecule has 1 fully saturated rings.